The Bertz CT molecular complexity index is 337. The van der Waals surface area contributed by atoms with Crippen molar-refractivity contribution in [2.75, 3.05) is 0 Å². The molecule has 12 heavy (non-hydrogen) atoms. The first-order chi connectivity index (χ1) is 5.86. The highest BCUT2D eigenvalue weighted by molar-refractivity contribution is 5.99. The molecule has 2 rings (SSSR count). The summed E-state index contributed by atoms with van der Waals surface area (Å²) in [7, 11) is 0. The van der Waals surface area contributed by atoms with Gasteiger partial charge in [0.15, 0.2) is 0 Å². The predicted octanol–water partition coefficient (Wildman–Crippen LogP) is 1.64. The number of benzene rings is 1. The van der Waals surface area contributed by atoms with Gasteiger partial charge in [-0.25, -0.2) is 0 Å². The molecule has 0 bridgehead atoms. The third kappa shape index (κ3) is 1.18. The second-order valence-electron chi connectivity index (χ2n) is 2.57. The van der Waals surface area contributed by atoms with Crippen molar-refractivity contribution in [1.82, 2.24) is 5.53 Å². The zero-order chi connectivity index (χ0) is 8.39. The van der Waals surface area contributed by atoms with Crippen LogP contribution >= 0.6 is 0 Å². The van der Waals surface area contributed by atoms with Crippen molar-refractivity contribution in [2.24, 2.45) is 15.4 Å². The first kappa shape index (κ1) is 6.97. The van der Waals surface area contributed by atoms with Crippen LogP contribution in [0.25, 0.3) is 0 Å². The second-order valence-corrected chi connectivity index (χ2v) is 2.57. The number of nitrogens with zero attached hydrogens (tertiary/aromatic N) is 4. The Morgan fingerprint density at radius 3 is 2.42 bits per heavy atom. The summed E-state index contributed by atoms with van der Waals surface area (Å²) in [5, 5.41) is 10.9. The molecule has 0 fully saturated rings. The Hall–Kier alpha value is -1.71. The van der Waals surface area contributed by atoms with E-state index >= 15 is 0 Å². The monoisotopic (exact) mass is 159 g/mol. The number of hydrogen-bond donors (Lipinski definition) is 0. The SMILES string of the molecule is Cc1ccc(C2=N[N]N=N2)cc1. The van der Waals surface area contributed by atoms with Crippen LogP contribution in [0.4, 0.5) is 0 Å². The van der Waals surface area contributed by atoms with Gasteiger partial charge in [0.05, 0.1) is 0 Å². The average molecular weight is 159 g/mol. The molecule has 0 amide bonds. The molecule has 0 saturated carbocycles. The van der Waals surface area contributed by atoms with E-state index in [1.54, 1.807) is 0 Å². The summed E-state index contributed by atoms with van der Waals surface area (Å²) in [6, 6.07) is 7.92. The Morgan fingerprint density at radius 2 is 1.83 bits per heavy atom. The van der Waals surface area contributed by atoms with Crippen LogP contribution in [0.1, 0.15) is 11.1 Å². The number of hydrogen-bond acceptors (Lipinski definition) is 3. The molecule has 1 heterocycles. The minimum absolute atomic E-state index is 0.579. The summed E-state index contributed by atoms with van der Waals surface area (Å²) < 4.78 is 0. The fraction of sp³-hybridized carbons (Fsp3) is 0.125. The van der Waals surface area contributed by atoms with E-state index in [1.165, 1.54) is 5.56 Å². The van der Waals surface area contributed by atoms with E-state index in [0.717, 1.165) is 5.56 Å². The van der Waals surface area contributed by atoms with Crippen LogP contribution in [-0.4, -0.2) is 5.84 Å². The number of aryl methyl sites for hydroxylation is 1. The molecule has 59 valence electrons. The number of rotatable bonds is 1. The Morgan fingerprint density at radius 1 is 1.08 bits per heavy atom. The molecule has 0 atom stereocenters. The smallest absolute Gasteiger partial charge is 0.106 e. The highest BCUT2D eigenvalue weighted by atomic mass is 15.6. The van der Waals surface area contributed by atoms with E-state index in [2.05, 4.69) is 21.0 Å². The predicted molar refractivity (Wildman–Crippen MR) is 44.7 cm³/mol. The molecule has 0 unspecified atom stereocenters. The molecule has 0 spiro atoms. The molecule has 0 aromatic heterocycles. The van der Waals surface area contributed by atoms with Gasteiger partial charge in [0, 0.05) is 5.56 Å². The third-order valence-corrected chi connectivity index (χ3v) is 1.63. The van der Waals surface area contributed by atoms with Crippen LogP contribution in [-0.2, 0) is 0 Å². The maximum atomic E-state index is 3.74. The normalized spacial score (nSPS) is 14.2. The van der Waals surface area contributed by atoms with Crippen LogP contribution in [0.15, 0.2) is 39.7 Å². The van der Waals surface area contributed by atoms with E-state index in [-0.39, 0.29) is 0 Å². The molecular weight excluding hydrogens is 152 g/mol. The highest BCUT2D eigenvalue weighted by Gasteiger charge is 2.06. The van der Waals surface area contributed by atoms with Gasteiger partial charge in [-0.05, 0) is 17.7 Å². The maximum Gasteiger partial charge on any atom is 0.207 e. The van der Waals surface area contributed by atoms with Crippen molar-refractivity contribution < 1.29 is 0 Å². The zero-order valence-corrected chi connectivity index (χ0v) is 6.60. The van der Waals surface area contributed by atoms with Crippen molar-refractivity contribution in [1.29, 1.82) is 0 Å². The lowest BCUT2D eigenvalue weighted by atomic mass is 10.1. The Balaban J connectivity index is 2.35. The molecule has 1 aromatic carbocycles. The first-order valence-corrected chi connectivity index (χ1v) is 3.62. The molecule has 0 aliphatic carbocycles. The van der Waals surface area contributed by atoms with E-state index < -0.39 is 0 Å². The lowest BCUT2D eigenvalue weighted by molar-refractivity contribution is 0.780. The molecule has 1 aliphatic heterocycles. The van der Waals surface area contributed by atoms with Crippen molar-refractivity contribution >= 4 is 5.84 Å². The van der Waals surface area contributed by atoms with Gasteiger partial charge in [-0.1, -0.05) is 29.8 Å². The molecule has 1 aromatic rings. The molecule has 1 radical (unpaired) electrons. The van der Waals surface area contributed by atoms with Crippen LogP contribution in [0.2, 0.25) is 0 Å². The minimum Gasteiger partial charge on any atom is -0.106 e. The minimum atomic E-state index is 0.579. The molecular formula is C8H7N4. The van der Waals surface area contributed by atoms with Gasteiger partial charge in [0.2, 0.25) is 5.84 Å². The van der Waals surface area contributed by atoms with Gasteiger partial charge in [0.1, 0.15) is 0 Å². The van der Waals surface area contributed by atoms with Gasteiger partial charge < -0.3 is 0 Å². The van der Waals surface area contributed by atoms with Gasteiger partial charge in [-0.3, -0.25) is 0 Å². The van der Waals surface area contributed by atoms with Crippen molar-refractivity contribution in [3.8, 4) is 0 Å². The van der Waals surface area contributed by atoms with Gasteiger partial charge in [-0.2, -0.15) is 0 Å². The molecule has 4 heteroatoms. The van der Waals surface area contributed by atoms with Crippen molar-refractivity contribution in [3.63, 3.8) is 0 Å². The molecule has 1 aliphatic rings. The van der Waals surface area contributed by atoms with Gasteiger partial charge in [-0.15, -0.1) is 10.2 Å². The molecule has 0 saturated heterocycles. The van der Waals surface area contributed by atoms with Gasteiger partial charge >= 0.3 is 0 Å². The van der Waals surface area contributed by atoms with Crippen LogP contribution < -0.4 is 5.53 Å². The number of amidine groups is 1. The van der Waals surface area contributed by atoms with Crippen LogP contribution in [0, 0.1) is 6.92 Å². The summed E-state index contributed by atoms with van der Waals surface area (Å²) >= 11 is 0. The lowest BCUT2D eigenvalue weighted by Gasteiger charge is -1.94. The Labute approximate surface area is 70.0 Å². The fourth-order valence-electron chi connectivity index (χ4n) is 0.963. The van der Waals surface area contributed by atoms with Crippen LogP contribution in [0.5, 0.6) is 0 Å². The van der Waals surface area contributed by atoms with Crippen molar-refractivity contribution in [3.05, 3.63) is 35.4 Å². The third-order valence-electron chi connectivity index (χ3n) is 1.63. The van der Waals surface area contributed by atoms with E-state index in [1.807, 2.05) is 31.2 Å². The van der Waals surface area contributed by atoms with E-state index in [9.17, 15) is 0 Å². The Kier molecular flexibility index (Phi) is 1.59. The summed E-state index contributed by atoms with van der Waals surface area (Å²) in [6.07, 6.45) is 0. The second kappa shape index (κ2) is 2.73. The van der Waals surface area contributed by atoms with Crippen LogP contribution in [0.3, 0.4) is 0 Å². The first-order valence-electron chi connectivity index (χ1n) is 3.62. The molecule has 0 N–H and O–H groups in total. The van der Waals surface area contributed by atoms with E-state index in [4.69, 9.17) is 0 Å². The van der Waals surface area contributed by atoms with Crippen molar-refractivity contribution in [2.45, 2.75) is 6.92 Å². The largest absolute Gasteiger partial charge is 0.207 e. The maximum absolute atomic E-state index is 3.74. The van der Waals surface area contributed by atoms with Gasteiger partial charge in [0.25, 0.3) is 0 Å². The zero-order valence-electron chi connectivity index (χ0n) is 6.60. The summed E-state index contributed by atoms with van der Waals surface area (Å²) in [6.45, 7) is 2.03. The summed E-state index contributed by atoms with van der Waals surface area (Å²) in [4.78, 5) is 0. The summed E-state index contributed by atoms with van der Waals surface area (Å²) in [5.41, 5.74) is 5.57. The molecule has 4 nitrogen and oxygen atoms in total. The summed E-state index contributed by atoms with van der Waals surface area (Å²) in [5.74, 6) is 0.579. The lowest BCUT2D eigenvalue weighted by Crippen LogP contribution is -1.93. The fourth-order valence-corrected chi connectivity index (χ4v) is 0.963. The highest BCUT2D eigenvalue weighted by Crippen LogP contribution is 2.07. The van der Waals surface area contributed by atoms with E-state index in [0.29, 0.717) is 5.84 Å². The standard InChI is InChI=1S/C8H7N4/c1-6-2-4-7(5-3-6)8-9-11-12-10-8/h2-5H,1H3. The topological polar surface area (TPSA) is 51.2 Å². The average Bonchev–Trinajstić information content (AvgIpc) is 2.58. The quantitative estimate of drug-likeness (QED) is 0.598.